The molecule has 0 N–H and O–H groups in total. The summed E-state index contributed by atoms with van der Waals surface area (Å²) in [6.07, 6.45) is 1.76. The lowest BCUT2D eigenvalue weighted by Gasteiger charge is -2.37. The third kappa shape index (κ3) is 2.90. The van der Waals surface area contributed by atoms with Crippen LogP contribution in [0.5, 0.6) is 0 Å². The van der Waals surface area contributed by atoms with Gasteiger partial charge in [-0.25, -0.2) is 4.98 Å². The van der Waals surface area contributed by atoms with E-state index in [4.69, 9.17) is 4.52 Å². The number of hydrogen-bond donors (Lipinski definition) is 0. The second kappa shape index (κ2) is 6.12. The number of nitrogens with zero attached hydrogens (tertiary/aromatic N) is 5. The van der Waals surface area contributed by atoms with E-state index in [0.29, 0.717) is 42.3 Å². The lowest BCUT2D eigenvalue weighted by molar-refractivity contribution is -0.136. The minimum Gasteiger partial charge on any atom is -0.341 e. The van der Waals surface area contributed by atoms with E-state index in [1.807, 2.05) is 6.07 Å². The van der Waals surface area contributed by atoms with Crippen molar-refractivity contribution in [2.24, 2.45) is 0 Å². The van der Waals surface area contributed by atoms with Gasteiger partial charge in [-0.2, -0.15) is 4.98 Å². The summed E-state index contributed by atoms with van der Waals surface area (Å²) in [5.41, 5.74) is 0.539. The number of carbonyl (C=O) groups is 1. The van der Waals surface area contributed by atoms with Gasteiger partial charge >= 0.3 is 0 Å². The van der Waals surface area contributed by atoms with Gasteiger partial charge in [0, 0.05) is 26.1 Å². The van der Waals surface area contributed by atoms with Gasteiger partial charge in [-0.1, -0.05) is 17.3 Å². The third-order valence-electron chi connectivity index (χ3n) is 4.42. The first-order chi connectivity index (χ1) is 12.1. The van der Waals surface area contributed by atoms with E-state index in [1.165, 1.54) is 10.9 Å². The number of rotatable bonds is 4. The van der Waals surface area contributed by atoms with Crippen molar-refractivity contribution in [1.82, 2.24) is 24.6 Å². The molecule has 3 aromatic rings. The number of likely N-dealkylation sites (tertiary alicyclic amines) is 1. The minimum absolute atomic E-state index is 0.00699. The SMILES string of the molecule is Cc1noc(C2CN(C(=O)CCn3cnc4ccccc4c3=O)C2)n1. The number of hydrogen-bond acceptors (Lipinski definition) is 6. The molecule has 4 rings (SSSR count). The molecule has 0 aliphatic carbocycles. The summed E-state index contributed by atoms with van der Waals surface area (Å²) in [6, 6.07) is 7.19. The van der Waals surface area contributed by atoms with Crippen LogP contribution >= 0.6 is 0 Å². The predicted octanol–water partition coefficient (Wildman–Crippen LogP) is 1.10. The zero-order valence-corrected chi connectivity index (χ0v) is 13.8. The first-order valence-corrected chi connectivity index (χ1v) is 8.14. The number of para-hydroxylation sites is 1. The molecule has 1 aliphatic heterocycles. The molecule has 2 aromatic heterocycles. The average molecular weight is 339 g/mol. The summed E-state index contributed by atoms with van der Waals surface area (Å²) in [7, 11) is 0. The molecule has 1 amide bonds. The summed E-state index contributed by atoms with van der Waals surface area (Å²) in [5, 5.41) is 4.33. The van der Waals surface area contributed by atoms with Gasteiger partial charge in [-0.3, -0.25) is 14.2 Å². The van der Waals surface area contributed by atoms with Crippen molar-refractivity contribution in [3.8, 4) is 0 Å². The van der Waals surface area contributed by atoms with E-state index in [9.17, 15) is 9.59 Å². The van der Waals surface area contributed by atoms with E-state index >= 15 is 0 Å². The van der Waals surface area contributed by atoms with Gasteiger partial charge in [0.15, 0.2) is 5.82 Å². The fourth-order valence-corrected chi connectivity index (χ4v) is 2.96. The van der Waals surface area contributed by atoms with Crippen LogP contribution in [0.15, 0.2) is 39.9 Å². The van der Waals surface area contributed by atoms with Crippen LogP contribution in [-0.2, 0) is 11.3 Å². The van der Waals surface area contributed by atoms with Gasteiger partial charge < -0.3 is 9.42 Å². The van der Waals surface area contributed by atoms with Crippen LogP contribution in [0.2, 0.25) is 0 Å². The molecule has 1 saturated heterocycles. The lowest BCUT2D eigenvalue weighted by Crippen LogP contribution is -2.48. The highest BCUT2D eigenvalue weighted by Crippen LogP contribution is 2.26. The molecule has 8 heteroatoms. The summed E-state index contributed by atoms with van der Waals surface area (Å²) in [5.74, 6) is 1.29. The van der Waals surface area contributed by atoms with Crippen molar-refractivity contribution in [3.63, 3.8) is 0 Å². The second-order valence-electron chi connectivity index (χ2n) is 6.19. The highest BCUT2D eigenvalue weighted by atomic mass is 16.5. The van der Waals surface area contributed by atoms with Crippen molar-refractivity contribution in [1.29, 1.82) is 0 Å². The Morgan fingerprint density at radius 2 is 2.12 bits per heavy atom. The zero-order chi connectivity index (χ0) is 17.4. The number of aryl methyl sites for hydroxylation is 2. The van der Waals surface area contributed by atoms with Gasteiger partial charge in [0.1, 0.15) is 0 Å². The number of amides is 1. The van der Waals surface area contributed by atoms with Gasteiger partial charge in [0.25, 0.3) is 5.56 Å². The Balaban J connectivity index is 1.37. The molecule has 128 valence electrons. The molecule has 0 atom stereocenters. The van der Waals surface area contributed by atoms with E-state index in [1.54, 1.807) is 30.0 Å². The Hall–Kier alpha value is -3.03. The van der Waals surface area contributed by atoms with E-state index < -0.39 is 0 Å². The Morgan fingerprint density at radius 3 is 2.88 bits per heavy atom. The number of benzene rings is 1. The first-order valence-electron chi connectivity index (χ1n) is 8.14. The van der Waals surface area contributed by atoms with Crippen LogP contribution in [0.1, 0.15) is 24.1 Å². The lowest BCUT2D eigenvalue weighted by atomic mass is 9.99. The van der Waals surface area contributed by atoms with Crippen LogP contribution in [0.3, 0.4) is 0 Å². The highest BCUT2D eigenvalue weighted by molar-refractivity contribution is 5.78. The maximum atomic E-state index is 12.4. The van der Waals surface area contributed by atoms with Crippen LogP contribution in [-0.4, -0.2) is 43.6 Å². The molecule has 1 aliphatic rings. The number of carbonyl (C=O) groups excluding carboxylic acids is 1. The molecule has 0 saturated carbocycles. The van der Waals surface area contributed by atoms with E-state index in [-0.39, 0.29) is 23.8 Å². The fraction of sp³-hybridized carbons (Fsp3) is 0.353. The zero-order valence-electron chi connectivity index (χ0n) is 13.8. The molecule has 25 heavy (non-hydrogen) atoms. The Morgan fingerprint density at radius 1 is 1.32 bits per heavy atom. The molecule has 1 aromatic carbocycles. The molecular weight excluding hydrogens is 322 g/mol. The molecule has 3 heterocycles. The predicted molar refractivity (Wildman–Crippen MR) is 89.0 cm³/mol. The normalized spacial score (nSPS) is 14.7. The Bertz CT molecular complexity index is 987. The van der Waals surface area contributed by atoms with E-state index in [0.717, 1.165) is 0 Å². The minimum atomic E-state index is -0.124. The van der Waals surface area contributed by atoms with Crippen LogP contribution < -0.4 is 5.56 Å². The molecular formula is C17H17N5O3. The summed E-state index contributed by atoms with van der Waals surface area (Å²) < 4.78 is 6.61. The van der Waals surface area contributed by atoms with Gasteiger partial charge in [-0.05, 0) is 19.1 Å². The topological polar surface area (TPSA) is 94.1 Å². The Labute approximate surface area is 143 Å². The van der Waals surface area contributed by atoms with Crippen LogP contribution in [0.25, 0.3) is 10.9 Å². The van der Waals surface area contributed by atoms with Crippen molar-refractivity contribution < 1.29 is 9.32 Å². The molecule has 0 spiro atoms. The smallest absolute Gasteiger partial charge is 0.261 e. The average Bonchev–Trinajstić information content (AvgIpc) is 2.99. The number of fused-ring (bicyclic) bond motifs is 1. The maximum absolute atomic E-state index is 12.4. The number of aromatic nitrogens is 4. The van der Waals surface area contributed by atoms with Crippen molar-refractivity contribution >= 4 is 16.8 Å². The molecule has 0 radical (unpaired) electrons. The van der Waals surface area contributed by atoms with E-state index in [2.05, 4.69) is 15.1 Å². The molecule has 1 fully saturated rings. The molecule has 8 nitrogen and oxygen atoms in total. The Kier molecular flexibility index (Phi) is 3.79. The fourth-order valence-electron chi connectivity index (χ4n) is 2.96. The van der Waals surface area contributed by atoms with Gasteiger partial charge in [-0.15, -0.1) is 0 Å². The van der Waals surface area contributed by atoms with Crippen LogP contribution in [0.4, 0.5) is 0 Å². The monoisotopic (exact) mass is 339 g/mol. The summed E-state index contributed by atoms with van der Waals surface area (Å²) in [6.45, 7) is 3.23. The summed E-state index contributed by atoms with van der Waals surface area (Å²) in [4.78, 5) is 34.9. The second-order valence-corrected chi connectivity index (χ2v) is 6.19. The third-order valence-corrected chi connectivity index (χ3v) is 4.42. The standard InChI is InChI=1S/C17H17N5O3/c1-11-19-16(25-20-11)12-8-22(9-12)15(23)6-7-21-10-18-14-5-3-2-4-13(14)17(21)24/h2-5,10,12H,6-9H2,1H3. The van der Waals surface area contributed by atoms with Crippen molar-refractivity contribution in [2.75, 3.05) is 13.1 Å². The first kappa shape index (κ1) is 15.5. The van der Waals surface area contributed by atoms with Crippen LogP contribution in [0, 0.1) is 6.92 Å². The van der Waals surface area contributed by atoms with Crippen molar-refractivity contribution in [2.45, 2.75) is 25.8 Å². The highest BCUT2D eigenvalue weighted by Gasteiger charge is 2.35. The molecule has 0 unspecified atom stereocenters. The van der Waals surface area contributed by atoms with Gasteiger partial charge in [0.2, 0.25) is 11.8 Å². The van der Waals surface area contributed by atoms with Crippen molar-refractivity contribution in [3.05, 3.63) is 52.7 Å². The molecule has 0 bridgehead atoms. The van der Waals surface area contributed by atoms with Gasteiger partial charge in [0.05, 0.1) is 23.1 Å². The maximum Gasteiger partial charge on any atom is 0.261 e. The quantitative estimate of drug-likeness (QED) is 0.706. The summed E-state index contributed by atoms with van der Waals surface area (Å²) >= 11 is 0. The largest absolute Gasteiger partial charge is 0.341 e.